The first kappa shape index (κ1) is 27.6. The van der Waals surface area contributed by atoms with Crippen molar-refractivity contribution in [1.29, 1.82) is 0 Å². The van der Waals surface area contributed by atoms with Crippen molar-refractivity contribution in [2.75, 3.05) is 31.1 Å². The molecule has 1 aromatic carbocycles. The Kier molecular flexibility index (Phi) is 8.29. The Hall–Kier alpha value is -2.44. The van der Waals surface area contributed by atoms with Crippen molar-refractivity contribution >= 4 is 16.0 Å². The molecule has 2 aliphatic heterocycles. The highest BCUT2D eigenvalue weighted by molar-refractivity contribution is 7.89. The van der Waals surface area contributed by atoms with Crippen LogP contribution in [0.25, 0.3) is 0 Å². The van der Waals surface area contributed by atoms with Crippen LogP contribution >= 0.6 is 0 Å². The van der Waals surface area contributed by atoms with Crippen LogP contribution in [0.4, 0.5) is 19.1 Å². The lowest BCUT2D eigenvalue weighted by molar-refractivity contribution is 0.110. The summed E-state index contributed by atoms with van der Waals surface area (Å²) in [5.41, 5.74) is 6.22. The number of nitrogens with two attached hydrogens (primary N) is 1. The number of nitrogens with zero attached hydrogens (tertiary/aromatic N) is 4. The Morgan fingerprint density at radius 2 is 1.68 bits per heavy atom. The third kappa shape index (κ3) is 5.85. The van der Waals surface area contributed by atoms with Gasteiger partial charge in [0.05, 0.1) is 23.7 Å². The number of anilines is 1. The van der Waals surface area contributed by atoms with Crippen molar-refractivity contribution in [3.05, 3.63) is 47.5 Å². The highest BCUT2D eigenvalue weighted by Crippen LogP contribution is 2.32. The highest BCUT2D eigenvalue weighted by Gasteiger charge is 2.36. The van der Waals surface area contributed by atoms with E-state index in [0.29, 0.717) is 56.7 Å². The fourth-order valence-corrected chi connectivity index (χ4v) is 6.70. The Morgan fingerprint density at radius 3 is 2.30 bits per heavy atom. The molecule has 3 heterocycles. The molecule has 2 saturated heterocycles. The molecule has 12 heteroatoms. The van der Waals surface area contributed by atoms with Crippen LogP contribution in [0.2, 0.25) is 0 Å². The number of ether oxygens (including phenoxy) is 1. The molecule has 0 bridgehead atoms. The number of hydrogen-bond donors (Lipinski definition) is 1. The molecular weight excluding hydrogens is 507 g/mol. The smallest absolute Gasteiger partial charge is 0.225 e. The SMILES string of the molecule is CC[C@H](C)S(=O)(=O)N1CCC([C@H](C)Oc2cnc(N3CC(N)[C@@H](c4cc(F)c(F)cc4F)C3)nc2)CC1. The summed E-state index contributed by atoms with van der Waals surface area (Å²) < 4.78 is 74.2. The number of aromatic nitrogens is 2. The van der Waals surface area contributed by atoms with Crippen LogP contribution < -0.4 is 15.4 Å². The molecule has 0 aliphatic carbocycles. The van der Waals surface area contributed by atoms with Gasteiger partial charge in [-0.25, -0.2) is 35.9 Å². The van der Waals surface area contributed by atoms with Gasteiger partial charge in [0.1, 0.15) is 5.82 Å². The van der Waals surface area contributed by atoms with Crippen LogP contribution in [0.15, 0.2) is 24.5 Å². The van der Waals surface area contributed by atoms with Gasteiger partial charge in [-0.15, -0.1) is 0 Å². The van der Waals surface area contributed by atoms with Gasteiger partial charge < -0.3 is 15.4 Å². The van der Waals surface area contributed by atoms with Crippen molar-refractivity contribution < 1.29 is 26.3 Å². The first-order chi connectivity index (χ1) is 17.5. The predicted octanol–water partition coefficient (Wildman–Crippen LogP) is 3.43. The first-order valence-electron chi connectivity index (χ1n) is 12.6. The van der Waals surface area contributed by atoms with Crippen molar-refractivity contribution in [1.82, 2.24) is 14.3 Å². The second-order valence-electron chi connectivity index (χ2n) is 10.0. The molecule has 2 fully saturated rings. The van der Waals surface area contributed by atoms with Crippen LogP contribution in [-0.4, -0.2) is 66.3 Å². The molecule has 2 aliphatic rings. The lowest BCUT2D eigenvalue weighted by Crippen LogP contribution is -2.44. The number of hydrogen-bond acceptors (Lipinski definition) is 7. The van der Waals surface area contributed by atoms with Crippen molar-refractivity contribution in [3.8, 4) is 5.75 Å². The molecule has 1 unspecified atom stereocenters. The molecule has 2 N–H and O–H groups in total. The molecule has 4 rings (SSSR count). The maximum atomic E-state index is 14.3. The minimum atomic E-state index is -3.26. The van der Waals surface area contributed by atoms with E-state index in [-0.39, 0.29) is 29.4 Å². The summed E-state index contributed by atoms with van der Waals surface area (Å²) in [7, 11) is -3.26. The van der Waals surface area contributed by atoms with Gasteiger partial charge in [-0.05, 0) is 50.7 Å². The molecule has 37 heavy (non-hydrogen) atoms. The van der Waals surface area contributed by atoms with Crippen molar-refractivity contribution in [2.24, 2.45) is 11.7 Å². The summed E-state index contributed by atoms with van der Waals surface area (Å²) in [6.45, 7) is 7.13. The van der Waals surface area contributed by atoms with Gasteiger partial charge in [-0.3, -0.25) is 0 Å². The second-order valence-corrected chi connectivity index (χ2v) is 12.4. The number of benzene rings is 1. The summed E-state index contributed by atoms with van der Waals surface area (Å²) in [6.07, 6.45) is 4.97. The lowest BCUT2D eigenvalue weighted by Gasteiger charge is -2.35. The van der Waals surface area contributed by atoms with E-state index in [9.17, 15) is 21.6 Å². The molecule has 8 nitrogen and oxygen atoms in total. The molecule has 0 saturated carbocycles. The summed E-state index contributed by atoms with van der Waals surface area (Å²) in [5, 5.41) is -0.385. The standard InChI is InChI=1S/C25H34F3N5O3S/c1-4-15(2)37(34,35)33-7-5-17(6-8-33)16(3)36-18-11-30-25(31-12-18)32-13-20(24(29)14-32)19-9-22(27)23(28)10-21(19)26/h9-12,15-17,20,24H,4-8,13-14,29H2,1-3H3/t15-,16-,20+,24?/m0/s1. The maximum absolute atomic E-state index is 14.3. The van der Waals surface area contributed by atoms with Crippen LogP contribution in [0, 0.1) is 23.4 Å². The van der Waals surface area contributed by atoms with Crippen LogP contribution in [-0.2, 0) is 10.0 Å². The molecule has 0 radical (unpaired) electrons. The van der Waals surface area contributed by atoms with Gasteiger partial charge in [-0.1, -0.05) is 6.92 Å². The minimum Gasteiger partial charge on any atom is -0.487 e. The molecule has 4 atom stereocenters. The van der Waals surface area contributed by atoms with E-state index in [1.165, 1.54) is 0 Å². The Morgan fingerprint density at radius 1 is 1.05 bits per heavy atom. The maximum Gasteiger partial charge on any atom is 0.225 e. The van der Waals surface area contributed by atoms with E-state index in [2.05, 4.69) is 9.97 Å². The summed E-state index contributed by atoms with van der Waals surface area (Å²) in [6, 6.07) is 0.898. The minimum absolute atomic E-state index is 0.0330. The monoisotopic (exact) mass is 541 g/mol. The van der Waals surface area contributed by atoms with E-state index in [4.69, 9.17) is 10.5 Å². The van der Waals surface area contributed by atoms with E-state index in [1.807, 2.05) is 13.8 Å². The van der Waals surface area contributed by atoms with E-state index in [1.54, 1.807) is 28.5 Å². The molecule has 1 aromatic heterocycles. The largest absolute Gasteiger partial charge is 0.487 e. The Balaban J connectivity index is 1.34. The van der Waals surface area contributed by atoms with Crippen LogP contribution in [0.1, 0.15) is 51.5 Å². The number of piperidine rings is 1. The molecule has 204 valence electrons. The summed E-state index contributed by atoms with van der Waals surface area (Å²) in [4.78, 5) is 10.5. The lowest BCUT2D eigenvalue weighted by atomic mass is 9.93. The topological polar surface area (TPSA) is 102 Å². The zero-order valence-electron chi connectivity index (χ0n) is 21.3. The van der Waals surface area contributed by atoms with Crippen LogP contribution in [0.5, 0.6) is 5.75 Å². The summed E-state index contributed by atoms with van der Waals surface area (Å²) >= 11 is 0. The molecule has 0 spiro atoms. The molecule has 2 aromatic rings. The predicted molar refractivity (Wildman–Crippen MR) is 134 cm³/mol. The third-order valence-corrected chi connectivity index (χ3v) is 10.1. The second kappa shape index (κ2) is 11.1. The third-order valence-electron chi connectivity index (χ3n) is 7.63. The van der Waals surface area contributed by atoms with Gasteiger partial charge in [0.25, 0.3) is 0 Å². The summed E-state index contributed by atoms with van der Waals surface area (Å²) in [5.74, 6) is -2.66. The van der Waals surface area contributed by atoms with Crippen LogP contribution in [0.3, 0.4) is 0 Å². The number of sulfonamides is 1. The van der Waals surface area contributed by atoms with Gasteiger partial charge in [0.15, 0.2) is 17.4 Å². The highest BCUT2D eigenvalue weighted by atomic mass is 32.2. The Bertz CT molecular complexity index is 1190. The normalized spacial score (nSPS) is 23.3. The van der Waals surface area contributed by atoms with E-state index >= 15 is 0 Å². The average molecular weight is 542 g/mol. The molecule has 0 amide bonds. The number of halogens is 3. The number of rotatable bonds is 8. The first-order valence-corrected chi connectivity index (χ1v) is 14.1. The quantitative estimate of drug-likeness (QED) is 0.511. The zero-order chi connectivity index (χ0) is 26.9. The molecular formula is C25H34F3N5O3S. The van der Waals surface area contributed by atoms with Crippen molar-refractivity contribution in [3.63, 3.8) is 0 Å². The van der Waals surface area contributed by atoms with E-state index < -0.39 is 39.4 Å². The average Bonchev–Trinajstić information content (AvgIpc) is 3.27. The van der Waals surface area contributed by atoms with Gasteiger partial charge in [0, 0.05) is 44.2 Å². The van der Waals surface area contributed by atoms with Gasteiger partial charge in [-0.2, -0.15) is 0 Å². The zero-order valence-corrected chi connectivity index (χ0v) is 22.1. The van der Waals surface area contributed by atoms with E-state index in [0.717, 1.165) is 6.07 Å². The fourth-order valence-electron chi connectivity index (χ4n) is 5.05. The van der Waals surface area contributed by atoms with Gasteiger partial charge in [0.2, 0.25) is 16.0 Å². The Labute approximate surface area is 216 Å². The van der Waals surface area contributed by atoms with Crippen molar-refractivity contribution in [2.45, 2.75) is 63.3 Å². The van der Waals surface area contributed by atoms with Gasteiger partial charge >= 0.3 is 0 Å². The fraction of sp³-hybridized carbons (Fsp3) is 0.600.